The maximum absolute atomic E-state index is 2.61. The molecule has 2 heteroatoms. The molecule has 13 aromatic carbocycles. The maximum atomic E-state index is 2.61. The quantitative estimate of drug-likeness (QED) is 0.121. The van der Waals surface area contributed by atoms with E-state index in [1.54, 1.807) is 0 Å². The molecule has 0 saturated heterocycles. The zero-order valence-electron chi connectivity index (χ0n) is 47.8. The highest BCUT2D eigenvalue weighted by Crippen LogP contribution is 2.60. The summed E-state index contributed by atoms with van der Waals surface area (Å²) < 4.78 is 0. The van der Waals surface area contributed by atoms with Gasteiger partial charge in [-0.25, -0.2) is 0 Å². The van der Waals surface area contributed by atoms with Gasteiger partial charge in [-0.05, 0) is 217 Å². The van der Waals surface area contributed by atoms with Gasteiger partial charge >= 0.3 is 0 Å². The average Bonchev–Trinajstić information content (AvgIpc) is 1.58. The Morgan fingerprint density at radius 1 is 0.207 bits per heavy atom. The van der Waals surface area contributed by atoms with Crippen LogP contribution in [0.1, 0.15) is 99.9 Å². The molecule has 0 aliphatic heterocycles. The van der Waals surface area contributed by atoms with Crippen molar-refractivity contribution >= 4 is 77.2 Å². The molecule has 392 valence electrons. The molecule has 0 fully saturated rings. The maximum Gasteiger partial charge on any atom is 0.0465 e. The standard InChI is InChI=1S/C80H62N2/c1-77(2)65-31-17-15-25-53(65)55-37-33-49(41-67(55)77)81(47-21-11-9-12-22-47)51-35-39-59-69(43-51)79(5,6)71-45-63-64-46-72-76(62-30-20-28-58(74(62)64)57-27-19-29-61(73(57)63)75(59)71)60-40-36-52(44-70(60)80(72,7)8)82(48-23-13-10-14-24-48)50-34-38-56-54-26-16-18-32-66(54)78(3,4)68(56)42-50/h9-46H,1-8H3. The summed E-state index contributed by atoms with van der Waals surface area (Å²) in [5.74, 6) is 0. The highest BCUT2D eigenvalue weighted by molar-refractivity contribution is 6.36. The number of nitrogens with zero attached hydrogens (tertiary/aromatic N) is 2. The molecule has 0 heterocycles. The molecule has 0 unspecified atom stereocenters. The first-order chi connectivity index (χ1) is 39.7. The van der Waals surface area contributed by atoms with Crippen LogP contribution >= 0.6 is 0 Å². The van der Waals surface area contributed by atoms with E-state index in [0.717, 1.165) is 11.4 Å². The third-order valence-electron chi connectivity index (χ3n) is 20.3. The molecule has 0 amide bonds. The van der Waals surface area contributed by atoms with E-state index in [1.165, 1.54) is 155 Å². The van der Waals surface area contributed by atoms with Gasteiger partial charge in [0.15, 0.2) is 0 Å². The predicted molar refractivity (Wildman–Crippen MR) is 347 cm³/mol. The summed E-state index contributed by atoms with van der Waals surface area (Å²) in [5.41, 5.74) is 28.0. The Hall–Kier alpha value is -9.24. The van der Waals surface area contributed by atoms with Crippen molar-refractivity contribution in [2.75, 3.05) is 9.80 Å². The highest BCUT2D eigenvalue weighted by Gasteiger charge is 2.42. The molecule has 4 aliphatic carbocycles. The Labute approximate surface area is 480 Å². The number of para-hydroxylation sites is 2. The van der Waals surface area contributed by atoms with Gasteiger partial charge in [-0.1, -0.05) is 201 Å². The van der Waals surface area contributed by atoms with Crippen LogP contribution in [-0.4, -0.2) is 0 Å². The molecule has 0 aromatic heterocycles. The number of anilines is 6. The summed E-state index contributed by atoms with van der Waals surface area (Å²) in [6, 6.07) is 88.0. The van der Waals surface area contributed by atoms with Crippen molar-refractivity contribution in [2.45, 2.75) is 77.0 Å². The van der Waals surface area contributed by atoms with Crippen molar-refractivity contribution < 1.29 is 0 Å². The average molecular weight is 1050 g/mol. The molecule has 0 atom stereocenters. The summed E-state index contributed by atoms with van der Waals surface area (Å²) in [5, 5.41) is 10.7. The molecule has 0 bridgehead atoms. The zero-order valence-corrected chi connectivity index (χ0v) is 47.8. The van der Waals surface area contributed by atoms with Crippen LogP contribution in [0.4, 0.5) is 34.1 Å². The summed E-state index contributed by atoms with van der Waals surface area (Å²) in [6.45, 7) is 19.3. The van der Waals surface area contributed by atoms with Crippen LogP contribution in [0, 0.1) is 0 Å². The zero-order chi connectivity index (χ0) is 55.3. The summed E-state index contributed by atoms with van der Waals surface area (Å²) in [6.07, 6.45) is 0. The van der Waals surface area contributed by atoms with E-state index < -0.39 is 0 Å². The topological polar surface area (TPSA) is 6.48 Å². The summed E-state index contributed by atoms with van der Waals surface area (Å²) in [7, 11) is 0. The smallest absolute Gasteiger partial charge is 0.0465 e. The monoisotopic (exact) mass is 1050 g/mol. The van der Waals surface area contributed by atoms with Crippen molar-refractivity contribution in [2.24, 2.45) is 0 Å². The first-order valence-electron chi connectivity index (χ1n) is 29.4. The Morgan fingerprint density at radius 3 is 0.902 bits per heavy atom. The molecule has 82 heavy (non-hydrogen) atoms. The lowest BCUT2D eigenvalue weighted by atomic mass is 9.78. The van der Waals surface area contributed by atoms with Crippen molar-refractivity contribution in [3.63, 3.8) is 0 Å². The largest absolute Gasteiger partial charge is 0.310 e. The lowest BCUT2D eigenvalue weighted by molar-refractivity contribution is 0.660. The van der Waals surface area contributed by atoms with Crippen LogP contribution < -0.4 is 9.80 Å². The van der Waals surface area contributed by atoms with Crippen LogP contribution in [0.3, 0.4) is 0 Å². The number of hydrogen-bond acceptors (Lipinski definition) is 2. The van der Waals surface area contributed by atoms with Crippen LogP contribution in [0.2, 0.25) is 0 Å². The lowest BCUT2D eigenvalue weighted by Crippen LogP contribution is -2.18. The van der Waals surface area contributed by atoms with E-state index in [-0.39, 0.29) is 21.7 Å². The van der Waals surface area contributed by atoms with Gasteiger partial charge in [0, 0.05) is 55.8 Å². The van der Waals surface area contributed by atoms with Crippen LogP contribution in [0.5, 0.6) is 0 Å². The van der Waals surface area contributed by atoms with Gasteiger partial charge < -0.3 is 9.80 Å². The summed E-state index contributed by atoms with van der Waals surface area (Å²) >= 11 is 0. The minimum absolute atomic E-state index is 0.110. The number of hydrogen-bond donors (Lipinski definition) is 0. The van der Waals surface area contributed by atoms with Gasteiger partial charge in [-0.2, -0.15) is 0 Å². The van der Waals surface area contributed by atoms with Crippen LogP contribution in [0.15, 0.2) is 231 Å². The number of rotatable bonds is 6. The molecule has 0 radical (unpaired) electrons. The van der Waals surface area contributed by atoms with Crippen molar-refractivity contribution in [1.29, 1.82) is 0 Å². The minimum atomic E-state index is -0.285. The molecular formula is C80H62N2. The molecule has 17 rings (SSSR count). The van der Waals surface area contributed by atoms with E-state index in [1.807, 2.05) is 0 Å². The third kappa shape index (κ3) is 6.14. The number of benzene rings is 13. The van der Waals surface area contributed by atoms with Crippen LogP contribution in [-0.2, 0) is 21.7 Å². The van der Waals surface area contributed by atoms with Gasteiger partial charge in [-0.15, -0.1) is 0 Å². The molecular weight excluding hydrogens is 989 g/mol. The molecule has 0 N–H and O–H groups in total. The van der Waals surface area contributed by atoms with Gasteiger partial charge in [0.1, 0.15) is 0 Å². The van der Waals surface area contributed by atoms with Crippen molar-refractivity contribution in [1.82, 2.24) is 0 Å². The third-order valence-corrected chi connectivity index (χ3v) is 20.3. The second kappa shape index (κ2) is 16.2. The fraction of sp³-hybridized carbons (Fsp3) is 0.150. The van der Waals surface area contributed by atoms with E-state index in [0.29, 0.717) is 0 Å². The fourth-order valence-electron chi connectivity index (χ4n) is 16.2. The Bertz CT molecular complexity index is 4610. The first-order valence-corrected chi connectivity index (χ1v) is 29.4. The molecule has 4 aliphatic rings. The molecule has 2 nitrogen and oxygen atoms in total. The Balaban J connectivity index is 0.817. The van der Waals surface area contributed by atoms with E-state index >= 15 is 0 Å². The van der Waals surface area contributed by atoms with Crippen LogP contribution in [0.25, 0.3) is 87.6 Å². The Kier molecular flexibility index (Phi) is 9.42. The normalized spacial score (nSPS) is 15.7. The number of fused-ring (bicyclic) bond motifs is 16. The van der Waals surface area contributed by atoms with Gasteiger partial charge in [0.25, 0.3) is 0 Å². The first kappa shape index (κ1) is 47.6. The van der Waals surface area contributed by atoms with Crippen molar-refractivity contribution in [3.05, 3.63) is 275 Å². The van der Waals surface area contributed by atoms with Gasteiger partial charge in [-0.3, -0.25) is 0 Å². The molecule has 0 spiro atoms. The van der Waals surface area contributed by atoms with Gasteiger partial charge in [0.2, 0.25) is 0 Å². The van der Waals surface area contributed by atoms with E-state index in [9.17, 15) is 0 Å². The minimum Gasteiger partial charge on any atom is -0.310 e. The summed E-state index contributed by atoms with van der Waals surface area (Å²) in [4.78, 5) is 4.95. The second-order valence-electron chi connectivity index (χ2n) is 26.0. The lowest BCUT2D eigenvalue weighted by Gasteiger charge is -2.29. The van der Waals surface area contributed by atoms with E-state index in [2.05, 4.69) is 296 Å². The molecule has 0 saturated carbocycles. The Morgan fingerprint density at radius 2 is 0.512 bits per heavy atom. The van der Waals surface area contributed by atoms with Crippen molar-refractivity contribution in [3.8, 4) is 44.5 Å². The second-order valence-corrected chi connectivity index (χ2v) is 26.0. The SMILES string of the molecule is CC1(C)c2ccccc2-c2ccc(N(c3ccccc3)c3ccc4c(c3)C(C)(C)c3cc5c6cc7c(c8cccc(c9cccc(c3-4)c95)c86)-c3ccc(N(c4ccccc4)c4ccc5c(c4)C(C)(C)c4ccccc4-5)cc3C7(C)C)cc21. The van der Waals surface area contributed by atoms with E-state index in [4.69, 9.17) is 0 Å². The highest BCUT2D eigenvalue weighted by atomic mass is 15.1. The molecule has 13 aromatic rings. The predicted octanol–water partition coefficient (Wildman–Crippen LogP) is 21.9. The van der Waals surface area contributed by atoms with Gasteiger partial charge in [0.05, 0.1) is 0 Å². The fourth-order valence-corrected chi connectivity index (χ4v) is 16.2.